The van der Waals surface area contributed by atoms with E-state index in [1.807, 2.05) is 6.07 Å². The lowest BCUT2D eigenvalue weighted by Crippen LogP contribution is -2.42. The molecule has 1 aliphatic heterocycles. The van der Waals surface area contributed by atoms with Crippen LogP contribution in [0.2, 0.25) is 10.0 Å². The molecule has 2 aromatic rings. The summed E-state index contributed by atoms with van der Waals surface area (Å²) in [6.07, 6.45) is 2.50. The molecule has 2 amide bonds. The number of hydrogen-bond acceptors (Lipinski definition) is 3. The average Bonchev–Trinajstić information content (AvgIpc) is 3.05. The molecule has 138 valence electrons. The van der Waals surface area contributed by atoms with Crippen LogP contribution in [-0.2, 0) is 11.3 Å². The van der Waals surface area contributed by atoms with E-state index in [2.05, 4.69) is 10.4 Å². The van der Waals surface area contributed by atoms with E-state index in [0.717, 1.165) is 5.56 Å². The third kappa shape index (κ3) is 4.11. The van der Waals surface area contributed by atoms with Crippen LogP contribution in [0.3, 0.4) is 0 Å². The molecule has 0 atom stereocenters. The zero-order chi connectivity index (χ0) is 18.7. The van der Waals surface area contributed by atoms with E-state index in [-0.39, 0.29) is 11.9 Å². The summed E-state index contributed by atoms with van der Waals surface area (Å²) < 4.78 is 1.62. The minimum atomic E-state index is -0.804. The van der Waals surface area contributed by atoms with Crippen molar-refractivity contribution in [2.45, 2.75) is 19.4 Å². The number of aliphatic carboxylic acids is 1. The van der Waals surface area contributed by atoms with Gasteiger partial charge in [-0.25, -0.2) is 9.48 Å². The Bertz CT molecular complexity index is 816. The average molecular weight is 397 g/mol. The molecule has 1 fully saturated rings. The quantitative estimate of drug-likeness (QED) is 0.826. The predicted octanol–water partition coefficient (Wildman–Crippen LogP) is 3.57. The first-order valence-electron chi connectivity index (χ1n) is 8.19. The van der Waals surface area contributed by atoms with E-state index in [0.29, 0.717) is 48.3 Å². The van der Waals surface area contributed by atoms with Crippen molar-refractivity contribution in [2.24, 2.45) is 5.92 Å². The molecular formula is C17H18Cl2N4O3. The smallest absolute Gasteiger partial charge is 0.322 e. The summed E-state index contributed by atoms with van der Waals surface area (Å²) in [6.45, 7) is 1.19. The van der Waals surface area contributed by atoms with Crippen LogP contribution >= 0.6 is 23.2 Å². The molecule has 0 unspecified atom stereocenters. The number of nitrogens with one attached hydrogen (secondary N) is 1. The highest BCUT2D eigenvalue weighted by Gasteiger charge is 2.27. The SMILES string of the molecule is O=C(O)C1CCN(C(=O)Nc2ccnn2Cc2cccc(Cl)c2Cl)CC1. The van der Waals surface area contributed by atoms with Gasteiger partial charge in [0.15, 0.2) is 0 Å². The third-order valence-corrected chi connectivity index (χ3v) is 5.29. The summed E-state index contributed by atoms with van der Waals surface area (Å²) in [5, 5.41) is 17.0. The maximum Gasteiger partial charge on any atom is 0.322 e. The summed E-state index contributed by atoms with van der Waals surface area (Å²) >= 11 is 12.2. The van der Waals surface area contributed by atoms with Crippen LogP contribution < -0.4 is 5.32 Å². The van der Waals surface area contributed by atoms with Crippen molar-refractivity contribution >= 4 is 41.0 Å². The highest BCUT2D eigenvalue weighted by Crippen LogP contribution is 2.27. The Labute approximate surface area is 160 Å². The van der Waals surface area contributed by atoms with Gasteiger partial charge in [-0.2, -0.15) is 5.10 Å². The summed E-state index contributed by atoms with van der Waals surface area (Å²) in [6, 6.07) is 6.78. The van der Waals surface area contributed by atoms with Crippen LogP contribution in [0.15, 0.2) is 30.5 Å². The molecule has 2 N–H and O–H groups in total. The highest BCUT2D eigenvalue weighted by molar-refractivity contribution is 6.42. The highest BCUT2D eigenvalue weighted by atomic mass is 35.5. The number of carbonyl (C=O) groups is 2. The van der Waals surface area contributed by atoms with Crippen LogP contribution in [0.4, 0.5) is 10.6 Å². The maximum atomic E-state index is 12.4. The fourth-order valence-corrected chi connectivity index (χ4v) is 3.29. The summed E-state index contributed by atoms with van der Waals surface area (Å²) in [4.78, 5) is 25.1. The molecule has 0 radical (unpaired) electrons. The Morgan fingerprint density at radius 3 is 2.65 bits per heavy atom. The lowest BCUT2D eigenvalue weighted by molar-refractivity contribution is -0.143. The Morgan fingerprint density at radius 2 is 1.96 bits per heavy atom. The van der Waals surface area contributed by atoms with E-state index in [1.54, 1.807) is 34.0 Å². The molecule has 1 saturated heterocycles. The van der Waals surface area contributed by atoms with Crippen molar-refractivity contribution in [1.82, 2.24) is 14.7 Å². The molecule has 3 rings (SSSR count). The minimum absolute atomic E-state index is 0.271. The van der Waals surface area contributed by atoms with Crippen LogP contribution in [-0.4, -0.2) is 44.9 Å². The van der Waals surface area contributed by atoms with Gasteiger partial charge in [-0.05, 0) is 24.5 Å². The number of piperidine rings is 1. The number of carboxylic acids is 1. The lowest BCUT2D eigenvalue weighted by atomic mass is 9.97. The zero-order valence-corrected chi connectivity index (χ0v) is 15.4. The predicted molar refractivity (Wildman–Crippen MR) is 98.7 cm³/mol. The summed E-state index contributed by atoms with van der Waals surface area (Å²) in [5.74, 6) is -0.650. The first kappa shape index (κ1) is 18.5. The molecule has 0 spiro atoms. The van der Waals surface area contributed by atoms with Crippen LogP contribution in [0.5, 0.6) is 0 Å². The van der Waals surface area contributed by atoms with E-state index in [9.17, 15) is 9.59 Å². The summed E-state index contributed by atoms with van der Waals surface area (Å²) in [7, 11) is 0. The van der Waals surface area contributed by atoms with Gasteiger partial charge >= 0.3 is 12.0 Å². The molecule has 1 aliphatic rings. The van der Waals surface area contributed by atoms with Gasteiger partial charge in [-0.1, -0.05) is 35.3 Å². The number of carboxylic acid groups (broad SMARTS) is 1. The molecule has 9 heteroatoms. The molecule has 2 heterocycles. The third-order valence-electron chi connectivity index (χ3n) is 4.43. The van der Waals surface area contributed by atoms with Crippen LogP contribution in [0, 0.1) is 5.92 Å². The summed E-state index contributed by atoms with van der Waals surface area (Å²) in [5.41, 5.74) is 0.792. The maximum absolute atomic E-state index is 12.4. The van der Waals surface area contributed by atoms with Gasteiger partial charge in [-0.3, -0.25) is 10.1 Å². The zero-order valence-electron chi connectivity index (χ0n) is 13.9. The Kier molecular flexibility index (Phi) is 5.68. The van der Waals surface area contributed by atoms with Gasteiger partial charge < -0.3 is 10.0 Å². The lowest BCUT2D eigenvalue weighted by Gasteiger charge is -2.30. The van der Waals surface area contributed by atoms with Gasteiger partial charge in [0.1, 0.15) is 5.82 Å². The number of carbonyl (C=O) groups excluding carboxylic acids is 1. The van der Waals surface area contributed by atoms with Crippen molar-refractivity contribution in [2.75, 3.05) is 18.4 Å². The monoisotopic (exact) mass is 396 g/mol. The standard InChI is InChI=1S/C17H18Cl2N4O3/c18-13-3-1-2-12(15(13)19)10-23-14(4-7-20-23)21-17(26)22-8-5-11(6-9-22)16(24)25/h1-4,7,11H,5-6,8-10H2,(H,21,26)(H,24,25). The number of nitrogens with zero attached hydrogens (tertiary/aromatic N) is 3. The minimum Gasteiger partial charge on any atom is -0.481 e. The Hall–Kier alpha value is -2.25. The number of amides is 2. The largest absolute Gasteiger partial charge is 0.481 e. The van der Waals surface area contributed by atoms with E-state index >= 15 is 0 Å². The number of anilines is 1. The van der Waals surface area contributed by atoms with Gasteiger partial charge in [0.05, 0.1) is 28.7 Å². The van der Waals surface area contributed by atoms with Gasteiger partial charge in [-0.15, -0.1) is 0 Å². The molecule has 7 nitrogen and oxygen atoms in total. The van der Waals surface area contributed by atoms with E-state index in [4.69, 9.17) is 28.3 Å². The molecule has 0 bridgehead atoms. The van der Waals surface area contributed by atoms with Crippen molar-refractivity contribution in [3.05, 3.63) is 46.1 Å². The fraction of sp³-hybridized carbons (Fsp3) is 0.353. The molecule has 0 saturated carbocycles. The second-order valence-corrected chi connectivity index (χ2v) is 6.90. The van der Waals surface area contributed by atoms with Crippen molar-refractivity contribution < 1.29 is 14.7 Å². The molecule has 1 aromatic heterocycles. The van der Waals surface area contributed by atoms with Crippen LogP contribution in [0.25, 0.3) is 0 Å². The fourth-order valence-electron chi connectivity index (χ4n) is 2.91. The van der Waals surface area contributed by atoms with Gasteiger partial charge in [0, 0.05) is 19.2 Å². The second kappa shape index (κ2) is 7.97. The van der Waals surface area contributed by atoms with Crippen molar-refractivity contribution in [3.63, 3.8) is 0 Å². The number of likely N-dealkylation sites (tertiary alicyclic amines) is 1. The topological polar surface area (TPSA) is 87.5 Å². The number of benzene rings is 1. The molecule has 0 aliphatic carbocycles. The molecular weight excluding hydrogens is 379 g/mol. The first-order chi connectivity index (χ1) is 12.5. The first-order valence-corrected chi connectivity index (χ1v) is 8.94. The molecule has 1 aromatic carbocycles. The van der Waals surface area contributed by atoms with E-state index in [1.165, 1.54) is 0 Å². The Balaban J connectivity index is 1.65. The van der Waals surface area contributed by atoms with Gasteiger partial charge in [0.2, 0.25) is 0 Å². The molecule has 26 heavy (non-hydrogen) atoms. The van der Waals surface area contributed by atoms with Crippen molar-refractivity contribution in [3.8, 4) is 0 Å². The number of urea groups is 1. The Morgan fingerprint density at radius 1 is 1.23 bits per heavy atom. The van der Waals surface area contributed by atoms with Crippen molar-refractivity contribution in [1.29, 1.82) is 0 Å². The number of halogens is 2. The number of hydrogen-bond donors (Lipinski definition) is 2. The number of aromatic nitrogens is 2. The van der Waals surface area contributed by atoms with Crippen LogP contribution in [0.1, 0.15) is 18.4 Å². The van der Waals surface area contributed by atoms with Gasteiger partial charge in [0.25, 0.3) is 0 Å². The number of rotatable bonds is 4. The second-order valence-electron chi connectivity index (χ2n) is 6.12. The van der Waals surface area contributed by atoms with E-state index < -0.39 is 5.97 Å². The normalized spacial score (nSPS) is 15.1.